The molecule has 1 aromatic carbocycles. The summed E-state index contributed by atoms with van der Waals surface area (Å²) < 4.78 is 0. The van der Waals surface area contributed by atoms with Crippen LogP contribution in [0.5, 0.6) is 0 Å². The van der Waals surface area contributed by atoms with Crippen molar-refractivity contribution in [2.24, 2.45) is 0 Å². The van der Waals surface area contributed by atoms with E-state index in [1.165, 1.54) is 0 Å². The average Bonchev–Trinajstić information content (AvgIpc) is 2.34. The lowest BCUT2D eigenvalue weighted by Gasteiger charge is -2.34. The van der Waals surface area contributed by atoms with Gasteiger partial charge in [0.2, 0.25) is 0 Å². The van der Waals surface area contributed by atoms with Gasteiger partial charge in [0.25, 0.3) is 0 Å². The van der Waals surface area contributed by atoms with Crippen molar-refractivity contribution in [3.8, 4) is 0 Å². The molecule has 2 amide bonds. The molecule has 0 aliphatic carbocycles. The summed E-state index contributed by atoms with van der Waals surface area (Å²) in [4.78, 5) is 11.9. The van der Waals surface area contributed by atoms with Crippen LogP contribution in [-0.4, -0.2) is 24.2 Å². The normalized spacial score (nSPS) is 27.6. The largest absolute Gasteiger partial charge is 0.334 e. The molecular weight excluding hydrogens is 226 g/mol. The molecule has 0 bridgehead atoms. The van der Waals surface area contributed by atoms with Crippen LogP contribution in [0.4, 0.5) is 10.5 Å². The first-order valence-corrected chi connectivity index (χ1v) is 6.54. The number of hydrogen-bond donors (Lipinski definition) is 3. The highest BCUT2D eigenvalue weighted by Crippen LogP contribution is 2.13. The lowest BCUT2D eigenvalue weighted by molar-refractivity contribution is 0.232. The quantitative estimate of drug-likeness (QED) is 0.751. The van der Waals surface area contributed by atoms with E-state index in [0.29, 0.717) is 12.1 Å². The summed E-state index contributed by atoms with van der Waals surface area (Å²) in [5.74, 6) is 0. The highest BCUT2D eigenvalue weighted by atomic mass is 16.2. The van der Waals surface area contributed by atoms with E-state index in [1.807, 2.05) is 30.3 Å². The number of carbonyl (C=O) groups excluding carboxylic acids is 1. The molecule has 1 saturated heterocycles. The first-order chi connectivity index (χ1) is 8.65. The highest BCUT2D eigenvalue weighted by molar-refractivity contribution is 5.89. The molecule has 1 aliphatic heterocycles. The number of hydrogen-bond acceptors (Lipinski definition) is 2. The summed E-state index contributed by atoms with van der Waals surface area (Å²) in [6.07, 6.45) is 2.12. The zero-order valence-corrected chi connectivity index (χ0v) is 10.9. The molecule has 1 fully saturated rings. The Morgan fingerprint density at radius 1 is 1.22 bits per heavy atom. The van der Waals surface area contributed by atoms with Gasteiger partial charge >= 0.3 is 6.03 Å². The van der Waals surface area contributed by atoms with Gasteiger partial charge in [0.1, 0.15) is 0 Å². The first-order valence-electron chi connectivity index (χ1n) is 6.54. The van der Waals surface area contributed by atoms with Crippen LogP contribution in [0.3, 0.4) is 0 Å². The summed E-state index contributed by atoms with van der Waals surface area (Å²) in [5, 5.41) is 9.32. The molecule has 98 valence electrons. The van der Waals surface area contributed by atoms with Crippen molar-refractivity contribution >= 4 is 11.7 Å². The Labute approximate surface area is 108 Å². The number of carbonyl (C=O) groups is 1. The fourth-order valence-electron chi connectivity index (χ4n) is 2.38. The van der Waals surface area contributed by atoms with E-state index in [1.54, 1.807) is 0 Å². The van der Waals surface area contributed by atoms with Gasteiger partial charge in [-0.05, 0) is 38.8 Å². The Bertz CT molecular complexity index is 393. The fourth-order valence-corrected chi connectivity index (χ4v) is 2.38. The van der Waals surface area contributed by atoms with E-state index in [2.05, 4.69) is 29.8 Å². The third-order valence-corrected chi connectivity index (χ3v) is 3.41. The Kier molecular flexibility index (Phi) is 4.20. The van der Waals surface area contributed by atoms with Gasteiger partial charge in [-0.15, -0.1) is 0 Å². The van der Waals surface area contributed by atoms with Crippen LogP contribution in [-0.2, 0) is 0 Å². The number of amides is 2. The van der Waals surface area contributed by atoms with Crippen LogP contribution in [0.25, 0.3) is 0 Å². The van der Waals surface area contributed by atoms with Gasteiger partial charge in [0, 0.05) is 23.8 Å². The van der Waals surface area contributed by atoms with Crippen molar-refractivity contribution in [3.63, 3.8) is 0 Å². The van der Waals surface area contributed by atoms with Crippen molar-refractivity contribution in [1.29, 1.82) is 0 Å². The molecule has 3 N–H and O–H groups in total. The molecule has 0 aromatic heterocycles. The van der Waals surface area contributed by atoms with E-state index in [0.717, 1.165) is 18.5 Å². The summed E-state index contributed by atoms with van der Waals surface area (Å²) in [6, 6.07) is 10.4. The number of urea groups is 1. The zero-order valence-electron chi connectivity index (χ0n) is 10.9. The predicted molar refractivity (Wildman–Crippen MR) is 73.7 cm³/mol. The van der Waals surface area contributed by atoms with Gasteiger partial charge in [-0.1, -0.05) is 18.2 Å². The Hall–Kier alpha value is -1.55. The Balaban J connectivity index is 1.84. The minimum absolute atomic E-state index is 0.130. The van der Waals surface area contributed by atoms with Crippen LogP contribution < -0.4 is 16.0 Å². The molecule has 0 spiro atoms. The molecular formula is C14H21N3O. The van der Waals surface area contributed by atoms with E-state index < -0.39 is 0 Å². The van der Waals surface area contributed by atoms with Crippen molar-refractivity contribution < 1.29 is 4.79 Å². The second-order valence-electron chi connectivity index (χ2n) is 5.00. The Morgan fingerprint density at radius 3 is 2.61 bits per heavy atom. The number of anilines is 1. The predicted octanol–water partition coefficient (Wildman–Crippen LogP) is 2.34. The molecule has 0 radical (unpaired) electrons. The second-order valence-corrected chi connectivity index (χ2v) is 5.00. The van der Waals surface area contributed by atoms with Crippen molar-refractivity contribution in [2.75, 3.05) is 5.32 Å². The van der Waals surface area contributed by atoms with Crippen molar-refractivity contribution in [3.05, 3.63) is 30.3 Å². The van der Waals surface area contributed by atoms with Crippen molar-refractivity contribution in [1.82, 2.24) is 10.6 Å². The molecule has 1 aromatic rings. The monoisotopic (exact) mass is 247 g/mol. The maximum Gasteiger partial charge on any atom is 0.319 e. The minimum Gasteiger partial charge on any atom is -0.334 e. The van der Waals surface area contributed by atoms with Crippen LogP contribution in [0.15, 0.2) is 30.3 Å². The van der Waals surface area contributed by atoms with Gasteiger partial charge in [0.15, 0.2) is 0 Å². The summed E-state index contributed by atoms with van der Waals surface area (Å²) in [6.45, 7) is 4.29. The number of para-hydroxylation sites is 1. The molecule has 0 saturated carbocycles. The minimum atomic E-state index is -0.130. The van der Waals surface area contributed by atoms with E-state index in [9.17, 15) is 4.79 Å². The highest BCUT2D eigenvalue weighted by Gasteiger charge is 2.25. The lowest BCUT2D eigenvalue weighted by Crippen LogP contribution is -2.55. The van der Waals surface area contributed by atoms with Gasteiger partial charge in [-0.2, -0.15) is 0 Å². The maximum atomic E-state index is 11.9. The van der Waals surface area contributed by atoms with Gasteiger partial charge < -0.3 is 16.0 Å². The van der Waals surface area contributed by atoms with Crippen LogP contribution in [0, 0.1) is 0 Å². The van der Waals surface area contributed by atoms with Crippen LogP contribution in [0.1, 0.15) is 26.7 Å². The van der Waals surface area contributed by atoms with E-state index in [4.69, 9.17) is 0 Å². The Morgan fingerprint density at radius 2 is 1.94 bits per heavy atom. The standard InChI is InChI=1S/C14H21N3O/c1-10-8-9-13(11(2)15-10)17-14(18)16-12-6-4-3-5-7-12/h3-7,10-11,13,15H,8-9H2,1-2H3,(H2,16,17,18). The summed E-state index contributed by atoms with van der Waals surface area (Å²) >= 11 is 0. The number of rotatable bonds is 2. The molecule has 2 rings (SSSR count). The molecule has 4 heteroatoms. The molecule has 1 aliphatic rings. The van der Waals surface area contributed by atoms with Gasteiger partial charge in [-0.3, -0.25) is 0 Å². The molecule has 4 nitrogen and oxygen atoms in total. The molecule has 3 unspecified atom stereocenters. The topological polar surface area (TPSA) is 53.2 Å². The van der Waals surface area contributed by atoms with E-state index in [-0.39, 0.29) is 12.1 Å². The first kappa shape index (κ1) is 12.9. The fraction of sp³-hybridized carbons (Fsp3) is 0.500. The molecule has 18 heavy (non-hydrogen) atoms. The maximum absolute atomic E-state index is 11.9. The summed E-state index contributed by atoms with van der Waals surface area (Å²) in [7, 11) is 0. The average molecular weight is 247 g/mol. The zero-order chi connectivity index (χ0) is 13.0. The van der Waals surface area contributed by atoms with Gasteiger partial charge in [0.05, 0.1) is 0 Å². The number of nitrogens with one attached hydrogen (secondary N) is 3. The van der Waals surface area contributed by atoms with Crippen LogP contribution >= 0.6 is 0 Å². The van der Waals surface area contributed by atoms with Crippen molar-refractivity contribution in [2.45, 2.75) is 44.8 Å². The smallest absolute Gasteiger partial charge is 0.319 e. The number of piperidine rings is 1. The van der Waals surface area contributed by atoms with Crippen LogP contribution in [0.2, 0.25) is 0 Å². The third kappa shape index (κ3) is 3.47. The second kappa shape index (κ2) is 5.87. The van der Waals surface area contributed by atoms with Gasteiger partial charge in [-0.25, -0.2) is 4.79 Å². The molecule has 1 heterocycles. The lowest BCUT2D eigenvalue weighted by atomic mass is 9.95. The van der Waals surface area contributed by atoms with E-state index >= 15 is 0 Å². The third-order valence-electron chi connectivity index (χ3n) is 3.41. The summed E-state index contributed by atoms with van der Waals surface area (Å²) in [5.41, 5.74) is 0.819. The number of benzene rings is 1. The molecule has 3 atom stereocenters. The SMILES string of the molecule is CC1CCC(NC(=O)Nc2ccccc2)C(C)N1.